The molecule has 0 spiro atoms. The highest BCUT2D eigenvalue weighted by Crippen LogP contribution is 2.15. The van der Waals surface area contributed by atoms with Gasteiger partial charge in [-0.3, -0.25) is 0 Å². The summed E-state index contributed by atoms with van der Waals surface area (Å²) in [7, 11) is 1.66. The highest BCUT2D eigenvalue weighted by Gasteiger charge is 2.03. The smallest absolute Gasteiger partial charge is 0.119 e. The van der Waals surface area contributed by atoms with Crippen molar-refractivity contribution in [3.63, 3.8) is 0 Å². The molecule has 0 heterocycles. The van der Waals surface area contributed by atoms with Gasteiger partial charge in [-0.15, -0.1) is 0 Å². The molecule has 0 aliphatic rings. The Bertz CT molecular complexity index is 373. The van der Waals surface area contributed by atoms with E-state index in [9.17, 15) is 0 Å². The van der Waals surface area contributed by atoms with Gasteiger partial charge in [0.1, 0.15) is 11.9 Å². The Morgan fingerprint density at radius 2 is 2.00 bits per heavy atom. The van der Waals surface area contributed by atoms with Crippen molar-refractivity contribution in [2.75, 3.05) is 13.7 Å². The van der Waals surface area contributed by atoms with Crippen LogP contribution in [0.1, 0.15) is 25.8 Å². The predicted molar refractivity (Wildman–Crippen MR) is 71.6 cm³/mol. The Morgan fingerprint density at radius 1 is 1.33 bits per heavy atom. The molecular weight excluding hydrogens is 230 g/mol. The summed E-state index contributed by atoms with van der Waals surface area (Å²) >= 11 is 0. The van der Waals surface area contributed by atoms with Crippen molar-refractivity contribution in [1.82, 2.24) is 0 Å². The topological polar surface area (TPSA) is 51.0 Å². The van der Waals surface area contributed by atoms with Gasteiger partial charge in [0.15, 0.2) is 0 Å². The summed E-state index contributed by atoms with van der Waals surface area (Å²) < 4.78 is 10.7. The van der Waals surface area contributed by atoms with Crippen LogP contribution >= 0.6 is 0 Å². The molecule has 0 aliphatic carbocycles. The molecule has 0 radical (unpaired) electrons. The number of nitrogens with zero attached hydrogens (tertiary/aromatic N) is 1. The first-order chi connectivity index (χ1) is 8.65. The number of rotatable bonds is 7. The van der Waals surface area contributed by atoms with Gasteiger partial charge in [0, 0.05) is 7.11 Å². The quantitative estimate of drug-likeness (QED) is 0.460. The number of benzene rings is 1. The van der Waals surface area contributed by atoms with Gasteiger partial charge in [-0.2, -0.15) is 0 Å². The fraction of sp³-hybridized carbons (Fsp3) is 0.500. The van der Waals surface area contributed by atoms with E-state index in [-0.39, 0.29) is 6.10 Å². The monoisotopic (exact) mass is 251 g/mol. The molecule has 0 aromatic heterocycles. The molecule has 0 bridgehead atoms. The summed E-state index contributed by atoms with van der Waals surface area (Å²) in [6.45, 7) is 4.36. The van der Waals surface area contributed by atoms with Gasteiger partial charge in [-0.25, -0.2) is 0 Å². The Hall–Kier alpha value is -1.55. The van der Waals surface area contributed by atoms with Crippen LogP contribution in [0.2, 0.25) is 0 Å². The molecule has 4 nitrogen and oxygen atoms in total. The Balaban J connectivity index is 2.47. The fourth-order valence-corrected chi connectivity index (χ4v) is 1.61. The summed E-state index contributed by atoms with van der Waals surface area (Å²) in [6.07, 6.45) is 1.67. The SMILES string of the molecule is COCC(C)Oc1ccc(CCC(C)=NO)cc1. The lowest BCUT2D eigenvalue weighted by Gasteiger charge is -2.13. The maximum absolute atomic E-state index is 8.56. The minimum Gasteiger partial charge on any atom is -0.488 e. The normalized spacial score (nSPS) is 13.4. The van der Waals surface area contributed by atoms with Crippen LogP contribution in [0.3, 0.4) is 0 Å². The zero-order chi connectivity index (χ0) is 13.4. The summed E-state index contributed by atoms with van der Waals surface area (Å²) in [5, 5.41) is 11.7. The van der Waals surface area contributed by atoms with Crippen LogP contribution in [0.15, 0.2) is 29.4 Å². The molecule has 0 aliphatic heterocycles. The van der Waals surface area contributed by atoms with Gasteiger partial charge in [-0.05, 0) is 44.4 Å². The van der Waals surface area contributed by atoms with Crippen LogP contribution in [0.5, 0.6) is 5.75 Å². The van der Waals surface area contributed by atoms with Crippen LogP contribution in [-0.2, 0) is 11.2 Å². The molecule has 0 saturated heterocycles. The van der Waals surface area contributed by atoms with Gasteiger partial charge in [-0.1, -0.05) is 17.3 Å². The van der Waals surface area contributed by atoms with E-state index in [1.807, 2.05) is 38.1 Å². The summed E-state index contributed by atoms with van der Waals surface area (Å²) in [6, 6.07) is 7.96. The van der Waals surface area contributed by atoms with Crippen LogP contribution in [0.4, 0.5) is 0 Å². The number of hydrogen-bond acceptors (Lipinski definition) is 4. The van der Waals surface area contributed by atoms with Gasteiger partial charge < -0.3 is 14.7 Å². The molecular formula is C14H21NO3. The van der Waals surface area contributed by atoms with Crippen LogP contribution in [0, 0.1) is 0 Å². The third kappa shape index (κ3) is 5.19. The standard InChI is InChI=1S/C14H21NO3/c1-11(15-16)4-5-13-6-8-14(9-7-13)18-12(2)10-17-3/h6-9,12,16H,4-5,10H2,1-3H3. The zero-order valence-corrected chi connectivity index (χ0v) is 11.2. The van der Waals surface area contributed by atoms with Crippen molar-refractivity contribution >= 4 is 5.71 Å². The van der Waals surface area contributed by atoms with Crippen LogP contribution in [-0.4, -0.2) is 30.7 Å². The van der Waals surface area contributed by atoms with Gasteiger partial charge in [0.2, 0.25) is 0 Å². The van der Waals surface area contributed by atoms with E-state index in [4.69, 9.17) is 14.7 Å². The highest BCUT2D eigenvalue weighted by atomic mass is 16.5. The second-order valence-electron chi connectivity index (χ2n) is 4.36. The minimum atomic E-state index is 0.0459. The maximum Gasteiger partial charge on any atom is 0.119 e. The number of oxime groups is 1. The van der Waals surface area contributed by atoms with E-state index >= 15 is 0 Å². The predicted octanol–water partition coefficient (Wildman–Crippen LogP) is 2.88. The van der Waals surface area contributed by atoms with Gasteiger partial charge >= 0.3 is 0 Å². The average Bonchev–Trinajstić information content (AvgIpc) is 2.37. The van der Waals surface area contributed by atoms with Crippen molar-refractivity contribution in [3.8, 4) is 5.75 Å². The van der Waals surface area contributed by atoms with Crippen molar-refractivity contribution < 1.29 is 14.7 Å². The van der Waals surface area contributed by atoms with E-state index in [0.29, 0.717) is 6.61 Å². The molecule has 18 heavy (non-hydrogen) atoms. The molecule has 1 unspecified atom stereocenters. The maximum atomic E-state index is 8.56. The molecule has 4 heteroatoms. The van der Waals surface area contributed by atoms with Crippen LogP contribution in [0.25, 0.3) is 0 Å². The van der Waals surface area contributed by atoms with Crippen LogP contribution < -0.4 is 4.74 Å². The van der Waals surface area contributed by atoms with Gasteiger partial charge in [0.05, 0.1) is 12.3 Å². The zero-order valence-electron chi connectivity index (χ0n) is 11.2. The molecule has 1 aromatic rings. The second-order valence-corrected chi connectivity index (χ2v) is 4.36. The van der Waals surface area contributed by atoms with E-state index in [0.717, 1.165) is 24.3 Å². The van der Waals surface area contributed by atoms with Crippen molar-refractivity contribution in [2.24, 2.45) is 5.16 Å². The first kappa shape index (κ1) is 14.5. The lowest BCUT2D eigenvalue weighted by Crippen LogP contribution is -2.17. The highest BCUT2D eigenvalue weighted by molar-refractivity contribution is 5.81. The van der Waals surface area contributed by atoms with E-state index in [2.05, 4.69) is 5.16 Å². The first-order valence-corrected chi connectivity index (χ1v) is 6.07. The Kier molecular flexibility index (Phi) is 6.22. The van der Waals surface area contributed by atoms with Crippen molar-refractivity contribution in [2.45, 2.75) is 32.8 Å². The lowest BCUT2D eigenvalue weighted by atomic mass is 10.1. The number of hydrogen-bond donors (Lipinski definition) is 1. The van der Waals surface area contributed by atoms with Crippen molar-refractivity contribution in [3.05, 3.63) is 29.8 Å². The molecule has 1 rings (SSSR count). The van der Waals surface area contributed by atoms with E-state index in [1.54, 1.807) is 7.11 Å². The Labute approximate surface area is 108 Å². The summed E-state index contributed by atoms with van der Waals surface area (Å²) in [4.78, 5) is 0. The Morgan fingerprint density at radius 3 is 2.56 bits per heavy atom. The van der Waals surface area contributed by atoms with E-state index < -0.39 is 0 Å². The summed E-state index contributed by atoms with van der Waals surface area (Å²) in [5.41, 5.74) is 1.94. The summed E-state index contributed by atoms with van der Waals surface area (Å²) in [5.74, 6) is 0.843. The fourth-order valence-electron chi connectivity index (χ4n) is 1.61. The molecule has 1 atom stereocenters. The molecule has 0 fully saturated rings. The third-order valence-electron chi connectivity index (χ3n) is 2.61. The van der Waals surface area contributed by atoms with Crippen molar-refractivity contribution in [1.29, 1.82) is 0 Å². The lowest BCUT2D eigenvalue weighted by molar-refractivity contribution is 0.0921. The minimum absolute atomic E-state index is 0.0459. The largest absolute Gasteiger partial charge is 0.488 e. The molecule has 1 aromatic carbocycles. The molecule has 1 N–H and O–H groups in total. The second kappa shape index (κ2) is 7.71. The number of aryl methyl sites for hydroxylation is 1. The molecule has 0 saturated carbocycles. The first-order valence-electron chi connectivity index (χ1n) is 6.07. The molecule has 0 amide bonds. The van der Waals surface area contributed by atoms with Gasteiger partial charge in [0.25, 0.3) is 0 Å². The third-order valence-corrected chi connectivity index (χ3v) is 2.61. The number of methoxy groups -OCH3 is 1. The number of ether oxygens (including phenoxy) is 2. The average molecular weight is 251 g/mol. The van der Waals surface area contributed by atoms with E-state index in [1.165, 1.54) is 5.56 Å². The molecule has 100 valence electrons.